The van der Waals surface area contributed by atoms with Crippen LogP contribution in [0.15, 0.2) is 59.2 Å². The number of carbonyl (C=O) groups excluding carboxylic acids is 2. The van der Waals surface area contributed by atoms with Gasteiger partial charge in [-0.05, 0) is 17.7 Å². The van der Waals surface area contributed by atoms with E-state index in [4.69, 9.17) is 0 Å². The van der Waals surface area contributed by atoms with E-state index in [1.165, 1.54) is 0 Å². The van der Waals surface area contributed by atoms with Gasteiger partial charge in [0.1, 0.15) is 5.92 Å². The summed E-state index contributed by atoms with van der Waals surface area (Å²) in [5.74, 6) is -1.08. The number of Topliss-reactive ketones (excluding diaryl/α,β-unsaturated/α-hetero) is 2. The van der Waals surface area contributed by atoms with Crippen LogP contribution in [0.3, 0.4) is 0 Å². The highest BCUT2D eigenvalue weighted by molar-refractivity contribution is 9.10. The van der Waals surface area contributed by atoms with E-state index in [0.29, 0.717) is 22.2 Å². The number of nitrogens with zero attached hydrogens (tertiary/aromatic N) is 1. The molecule has 106 valence electrons. The standard InChI is InChI=1S/C18H10BrNO2/c19-14-8-7-13(16-12(14)6-3-9-20-16)15-17(21)10-4-1-2-5-11(10)18(15)22/h1-9,15H. The van der Waals surface area contributed by atoms with E-state index in [-0.39, 0.29) is 11.6 Å². The van der Waals surface area contributed by atoms with Crippen LogP contribution in [0.25, 0.3) is 10.9 Å². The Labute approximate surface area is 135 Å². The van der Waals surface area contributed by atoms with Gasteiger partial charge in [-0.15, -0.1) is 0 Å². The van der Waals surface area contributed by atoms with Crippen LogP contribution in [0.2, 0.25) is 0 Å². The van der Waals surface area contributed by atoms with Crippen LogP contribution in [0.5, 0.6) is 0 Å². The third-order valence-electron chi connectivity index (χ3n) is 4.04. The van der Waals surface area contributed by atoms with Gasteiger partial charge in [-0.3, -0.25) is 14.6 Å². The Morgan fingerprint density at radius 1 is 0.864 bits per heavy atom. The molecule has 1 aliphatic rings. The lowest BCUT2D eigenvalue weighted by Crippen LogP contribution is -2.13. The molecule has 1 heterocycles. The normalized spacial score (nSPS) is 14.6. The van der Waals surface area contributed by atoms with Gasteiger partial charge in [0.05, 0.1) is 5.52 Å². The van der Waals surface area contributed by atoms with Crippen LogP contribution in [0.1, 0.15) is 32.2 Å². The van der Waals surface area contributed by atoms with Crippen molar-refractivity contribution in [2.45, 2.75) is 5.92 Å². The molecule has 3 aromatic rings. The van der Waals surface area contributed by atoms with Gasteiger partial charge in [0.25, 0.3) is 0 Å². The smallest absolute Gasteiger partial charge is 0.178 e. The molecule has 0 unspecified atom stereocenters. The molecule has 2 aromatic carbocycles. The van der Waals surface area contributed by atoms with Gasteiger partial charge < -0.3 is 0 Å². The first-order valence-electron chi connectivity index (χ1n) is 6.89. The van der Waals surface area contributed by atoms with Crippen LogP contribution < -0.4 is 0 Å². The largest absolute Gasteiger partial charge is 0.293 e. The lowest BCUT2D eigenvalue weighted by Gasteiger charge is -2.11. The maximum Gasteiger partial charge on any atom is 0.178 e. The lowest BCUT2D eigenvalue weighted by molar-refractivity contribution is 0.0890. The molecular weight excluding hydrogens is 342 g/mol. The van der Waals surface area contributed by atoms with Crippen molar-refractivity contribution in [2.24, 2.45) is 0 Å². The third-order valence-corrected chi connectivity index (χ3v) is 4.73. The fraction of sp³-hybridized carbons (Fsp3) is 0.0556. The van der Waals surface area contributed by atoms with Crippen molar-refractivity contribution in [3.63, 3.8) is 0 Å². The molecule has 1 aliphatic carbocycles. The summed E-state index contributed by atoms with van der Waals surface area (Å²) < 4.78 is 0.898. The third kappa shape index (κ3) is 1.77. The molecule has 0 fully saturated rings. The Bertz CT molecular complexity index is 914. The highest BCUT2D eigenvalue weighted by Crippen LogP contribution is 2.37. The minimum atomic E-state index is -0.789. The predicted octanol–water partition coefficient (Wildman–Crippen LogP) is 4.16. The first-order valence-corrected chi connectivity index (χ1v) is 7.68. The minimum Gasteiger partial charge on any atom is -0.293 e. The van der Waals surface area contributed by atoms with Crippen molar-refractivity contribution in [3.8, 4) is 0 Å². The number of fused-ring (bicyclic) bond motifs is 2. The Kier molecular flexibility index (Phi) is 2.94. The van der Waals surface area contributed by atoms with Gasteiger partial charge in [-0.1, -0.05) is 52.3 Å². The summed E-state index contributed by atoms with van der Waals surface area (Å²) in [6.07, 6.45) is 1.68. The second-order valence-corrected chi connectivity index (χ2v) is 6.10. The zero-order chi connectivity index (χ0) is 15.3. The maximum absolute atomic E-state index is 12.7. The molecule has 0 amide bonds. The average Bonchev–Trinajstić information content (AvgIpc) is 2.81. The molecule has 0 aliphatic heterocycles. The monoisotopic (exact) mass is 351 g/mol. The molecule has 4 rings (SSSR count). The Hall–Kier alpha value is -2.33. The Morgan fingerprint density at radius 3 is 2.23 bits per heavy atom. The molecule has 0 radical (unpaired) electrons. The molecule has 22 heavy (non-hydrogen) atoms. The number of halogens is 1. The molecule has 3 nitrogen and oxygen atoms in total. The second-order valence-electron chi connectivity index (χ2n) is 5.24. The van der Waals surface area contributed by atoms with E-state index in [1.54, 1.807) is 30.5 Å². The lowest BCUT2D eigenvalue weighted by atomic mass is 9.92. The fourth-order valence-electron chi connectivity index (χ4n) is 3.02. The fourth-order valence-corrected chi connectivity index (χ4v) is 3.47. The van der Waals surface area contributed by atoms with Gasteiger partial charge in [-0.25, -0.2) is 0 Å². The molecule has 1 aromatic heterocycles. The van der Waals surface area contributed by atoms with Crippen molar-refractivity contribution in [3.05, 3.63) is 75.9 Å². The predicted molar refractivity (Wildman–Crippen MR) is 87.3 cm³/mol. The number of hydrogen-bond acceptors (Lipinski definition) is 3. The van der Waals surface area contributed by atoms with E-state index < -0.39 is 5.92 Å². The number of ketones is 2. The number of rotatable bonds is 1. The van der Waals surface area contributed by atoms with Gasteiger partial charge in [0, 0.05) is 27.2 Å². The van der Waals surface area contributed by atoms with Crippen molar-refractivity contribution in [2.75, 3.05) is 0 Å². The second kappa shape index (κ2) is 4.85. The zero-order valence-electron chi connectivity index (χ0n) is 11.4. The van der Waals surface area contributed by atoms with E-state index in [2.05, 4.69) is 20.9 Å². The molecule has 4 heteroatoms. The zero-order valence-corrected chi connectivity index (χ0v) is 13.0. The summed E-state index contributed by atoms with van der Waals surface area (Å²) in [5.41, 5.74) is 2.37. The quantitative estimate of drug-likeness (QED) is 0.618. The number of pyridine rings is 1. The van der Waals surface area contributed by atoms with E-state index in [1.807, 2.05) is 24.3 Å². The molecule has 0 saturated heterocycles. The molecule has 0 spiro atoms. The van der Waals surface area contributed by atoms with E-state index >= 15 is 0 Å². The number of carbonyl (C=O) groups is 2. The summed E-state index contributed by atoms with van der Waals surface area (Å²) in [6, 6.07) is 14.4. The molecule has 0 bridgehead atoms. The molecular formula is C18H10BrNO2. The van der Waals surface area contributed by atoms with Crippen LogP contribution in [-0.4, -0.2) is 16.6 Å². The van der Waals surface area contributed by atoms with Crippen LogP contribution in [0, 0.1) is 0 Å². The summed E-state index contributed by atoms with van der Waals surface area (Å²) >= 11 is 3.49. The van der Waals surface area contributed by atoms with Crippen molar-refractivity contribution in [1.82, 2.24) is 4.98 Å². The van der Waals surface area contributed by atoms with Gasteiger partial charge in [0.2, 0.25) is 0 Å². The highest BCUT2D eigenvalue weighted by atomic mass is 79.9. The summed E-state index contributed by atoms with van der Waals surface area (Å²) in [7, 11) is 0. The Balaban J connectivity index is 1.97. The van der Waals surface area contributed by atoms with Crippen molar-refractivity contribution >= 4 is 38.4 Å². The van der Waals surface area contributed by atoms with Crippen LogP contribution in [-0.2, 0) is 0 Å². The number of benzene rings is 2. The minimum absolute atomic E-state index is 0.144. The van der Waals surface area contributed by atoms with Gasteiger partial charge >= 0.3 is 0 Å². The maximum atomic E-state index is 12.7. The van der Waals surface area contributed by atoms with Gasteiger partial charge in [0.15, 0.2) is 11.6 Å². The van der Waals surface area contributed by atoms with Crippen LogP contribution in [0.4, 0.5) is 0 Å². The molecule has 0 saturated carbocycles. The number of aromatic nitrogens is 1. The Morgan fingerprint density at radius 2 is 1.55 bits per heavy atom. The summed E-state index contributed by atoms with van der Waals surface area (Å²) in [6.45, 7) is 0. The molecule has 0 N–H and O–H groups in total. The molecule has 0 atom stereocenters. The average molecular weight is 352 g/mol. The highest BCUT2D eigenvalue weighted by Gasteiger charge is 2.40. The summed E-state index contributed by atoms with van der Waals surface area (Å²) in [4.78, 5) is 29.7. The van der Waals surface area contributed by atoms with Crippen molar-refractivity contribution in [1.29, 1.82) is 0 Å². The number of hydrogen-bond donors (Lipinski definition) is 0. The summed E-state index contributed by atoms with van der Waals surface area (Å²) in [5, 5.41) is 0.900. The van der Waals surface area contributed by atoms with Crippen molar-refractivity contribution < 1.29 is 9.59 Å². The van der Waals surface area contributed by atoms with E-state index in [0.717, 1.165) is 9.86 Å². The first kappa shape index (κ1) is 13.3. The SMILES string of the molecule is O=C1c2ccccc2C(=O)C1c1ccc(Br)c2cccnc12. The van der Waals surface area contributed by atoms with E-state index in [9.17, 15) is 9.59 Å². The first-order chi connectivity index (χ1) is 10.7. The van der Waals surface area contributed by atoms with Crippen LogP contribution >= 0.6 is 15.9 Å². The topological polar surface area (TPSA) is 47.0 Å². The van der Waals surface area contributed by atoms with Gasteiger partial charge in [-0.2, -0.15) is 0 Å².